The fourth-order valence-electron chi connectivity index (χ4n) is 2.51. The van der Waals surface area contributed by atoms with Crippen molar-refractivity contribution in [2.45, 2.75) is 45.3 Å². The predicted molar refractivity (Wildman–Crippen MR) is 95.3 cm³/mol. The maximum atomic E-state index is 12.3. The van der Waals surface area contributed by atoms with Gasteiger partial charge in [0.25, 0.3) is 0 Å². The molecule has 6 nitrogen and oxygen atoms in total. The van der Waals surface area contributed by atoms with E-state index in [-0.39, 0.29) is 17.8 Å². The molecule has 7 heteroatoms. The molecular formula is C18H23NO5S. The molecule has 1 saturated heterocycles. The van der Waals surface area contributed by atoms with Crippen molar-refractivity contribution in [3.8, 4) is 0 Å². The molecule has 1 unspecified atom stereocenters. The Bertz CT molecular complexity index is 686. The first-order valence-corrected chi connectivity index (χ1v) is 8.90. The van der Waals surface area contributed by atoms with Gasteiger partial charge in [0.2, 0.25) is 5.91 Å². The minimum Gasteiger partial charge on any atom is -0.465 e. The Morgan fingerprint density at radius 2 is 2.08 bits per heavy atom. The van der Waals surface area contributed by atoms with Crippen LogP contribution in [0.2, 0.25) is 0 Å². The Morgan fingerprint density at radius 1 is 1.36 bits per heavy atom. The molecule has 0 aliphatic carbocycles. The summed E-state index contributed by atoms with van der Waals surface area (Å²) in [5.41, 5.74) is -0.578. The molecule has 1 amide bonds. The smallest absolute Gasteiger partial charge is 0.348 e. The Balaban J connectivity index is 1.99. The molecule has 0 bridgehead atoms. The van der Waals surface area contributed by atoms with Gasteiger partial charge in [-0.2, -0.15) is 0 Å². The highest BCUT2D eigenvalue weighted by Gasteiger charge is 2.37. The molecule has 0 saturated carbocycles. The number of amides is 1. The summed E-state index contributed by atoms with van der Waals surface area (Å²) in [6.45, 7) is 5.75. The van der Waals surface area contributed by atoms with E-state index < -0.39 is 11.6 Å². The Hall–Kier alpha value is -2.15. The minimum atomic E-state index is -0.578. The maximum Gasteiger partial charge on any atom is 0.348 e. The fraction of sp³-hybridized carbons (Fsp3) is 0.500. The Labute approximate surface area is 151 Å². The van der Waals surface area contributed by atoms with Crippen LogP contribution < -0.4 is 0 Å². The Morgan fingerprint density at radius 3 is 2.72 bits per heavy atom. The van der Waals surface area contributed by atoms with Crippen molar-refractivity contribution in [1.29, 1.82) is 0 Å². The summed E-state index contributed by atoms with van der Waals surface area (Å²) in [6, 6.07) is 2.97. The number of nitrogens with zero attached hydrogens (tertiary/aromatic N) is 1. The second kappa shape index (κ2) is 7.82. The van der Waals surface area contributed by atoms with Crippen LogP contribution in [0.5, 0.6) is 0 Å². The molecule has 2 rings (SSSR count). The number of likely N-dealkylation sites (tertiary alicyclic amines) is 1. The molecule has 136 valence electrons. The van der Waals surface area contributed by atoms with E-state index >= 15 is 0 Å². The zero-order chi connectivity index (χ0) is 18.6. The third-order valence-corrected chi connectivity index (χ3v) is 4.64. The zero-order valence-electron chi connectivity index (χ0n) is 14.9. The van der Waals surface area contributed by atoms with E-state index in [2.05, 4.69) is 4.74 Å². The van der Waals surface area contributed by atoms with E-state index in [4.69, 9.17) is 4.74 Å². The van der Waals surface area contributed by atoms with E-state index in [0.29, 0.717) is 24.3 Å². The number of hydrogen-bond donors (Lipinski definition) is 0. The summed E-state index contributed by atoms with van der Waals surface area (Å²) in [5, 5.41) is 0. The van der Waals surface area contributed by atoms with Gasteiger partial charge in [-0.25, -0.2) is 9.59 Å². The van der Waals surface area contributed by atoms with Crippen molar-refractivity contribution in [2.24, 2.45) is 0 Å². The van der Waals surface area contributed by atoms with Crippen LogP contribution in [0, 0.1) is 0 Å². The topological polar surface area (TPSA) is 72.9 Å². The molecule has 1 fully saturated rings. The minimum absolute atomic E-state index is 0.0538. The molecule has 1 atom stereocenters. The quantitative estimate of drug-likeness (QED) is 0.750. The first-order chi connectivity index (χ1) is 11.7. The highest BCUT2D eigenvalue weighted by atomic mass is 32.1. The highest BCUT2D eigenvalue weighted by molar-refractivity contribution is 7.14. The van der Waals surface area contributed by atoms with Gasteiger partial charge >= 0.3 is 11.9 Å². The summed E-state index contributed by atoms with van der Waals surface area (Å²) < 4.78 is 10.1. The normalized spacial score (nSPS) is 18.0. The number of methoxy groups -OCH3 is 1. The number of carbonyl (C=O) groups is 3. The molecule has 2 heterocycles. The van der Waals surface area contributed by atoms with Crippen molar-refractivity contribution in [3.05, 3.63) is 28.0 Å². The van der Waals surface area contributed by atoms with Gasteiger partial charge < -0.3 is 14.4 Å². The summed E-state index contributed by atoms with van der Waals surface area (Å²) in [4.78, 5) is 38.7. The number of esters is 2. The van der Waals surface area contributed by atoms with Crippen molar-refractivity contribution >= 4 is 35.3 Å². The standard InChI is InChI=1S/C18H23NO5S/c1-18(2,3)24-16(21)13-8-10-15(20)19(13)11-5-6-12-7-9-14(25-12)17(22)23-4/h5-7,9,13H,8,10-11H2,1-4H3. The maximum absolute atomic E-state index is 12.3. The van der Waals surface area contributed by atoms with Crippen LogP contribution in [0.1, 0.15) is 48.2 Å². The van der Waals surface area contributed by atoms with Gasteiger partial charge in [-0.15, -0.1) is 11.3 Å². The highest BCUT2D eigenvalue weighted by Crippen LogP contribution is 2.23. The molecule has 0 radical (unpaired) electrons. The van der Waals surface area contributed by atoms with Gasteiger partial charge in [0.05, 0.1) is 7.11 Å². The monoisotopic (exact) mass is 365 g/mol. The summed E-state index contributed by atoms with van der Waals surface area (Å²) >= 11 is 1.31. The number of thiophene rings is 1. The van der Waals surface area contributed by atoms with E-state index in [1.54, 1.807) is 11.0 Å². The lowest BCUT2D eigenvalue weighted by Gasteiger charge is -2.26. The fourth-order valence-corrected chi connectivity index (χ4v) is 3.37. The molecule has 1 aromatic rings. The van der Waals surface area contributed by atoms with Gasteiger partial charge in [-0.3, -0.25) is 4.79 Å². The number of hydrogen-bond acceptors (Lipinski definition) is 6. The first-order valence-electron chi connectivity index (χ1n) is 8.08. The summed E-state index contributed by atoms with van der Waals surface area (Å²) in [5.74, 6) is -0.790. The van der Waals surface area contributed by atoms with Crippen LogP contribution in [0.3, 0.4) is 0 Å². The van der Waals surface area contributed by atoms with Crippen LogP contribution in [0.25, 0.3) is 6.08 Å². The zero-order valence-corrected chi connectivity index (χ0v) is 15.7. The van der Waals surface area contributed by atoms with E-state index in [1.165, 1.54) is 18.4 Å². The van der Waals surface area contributed by atoms with Crippen LogP contribution in [0.15, 0.2) is 18.2 Å². The Kier molecular flexibility index (Phi) is 6.00. The van der Waals surface area contributed by atoms with Crippen LogP contribution in [-0.4, -0.2) is 48.0 Å². The molecule has 0 aromatic carbocycles. The SMILES string of the molecule is COC(=O)c1ccc(C=CCN2C(=O)CCC2C(=O)OC(C)(C)C)s1. The molecular weight excluding hydrogens is 342 g/mol. The average molecular weight is 365 g/mol. The van der Waals surface area contributed by atoms with Crippen molar-refractivity contribution < 1.29 is 23.9 Å². The lowest BCUT2D eigenvalue weighted by atomic mass is 10.1. The third-order valence-electron chi connectivity index (χ3n) is 3.60. The molecule has 1 aliphatic rings. The second-order valence-corrected chi connectivity index (χ2v) is 7.85. The molecule has 0 spiro atoms. The van der Waals surface area contributed by atoms with Crippen LogP contribution in [0.4, 0.5) is 0 Å². The second-order valence-electron chi connectivity index (χ2n) is 6.73. The average Bonchev–Trinajstić information content (AvgIpc) is 3.12. The van der Waals surface area contributed by atoms with Crippen LogP contribution in [-0.2, 0) is 19.1 Å². The lowest BCUT2D eigenvalue weighted by molar-refractivity contribution is -0.161. The summed E-state index contributed by atoms with van der Waals surface area (Å²) in [7, 11) is 1.34. The predicted octanol–water partition coefficient (Wildman–Crippen LogP) is 2.88. The van der Waals surface area contributed by atoms with Gasteiger partial charge in [0.15, 0.2) is 0 Å². The summed E-state index contributed by atoms with van der Waals surface area (Å²) in [6.07, 6.45) is 4.47. The van der Waals surface area contributed by atoms with Crippen molar-refractivity contribution in [2.75, 3.05) is 13.7 Å². The first kappa shape index (κ1) is 19.2. The van der Waals surface area contributed by atoms with Gasteiger partial charge in [-0.05, 0) is 45.4 Å². The van der Waals surface area contributed by atoms with E-state index in [0.717, 1.165) is 4.88 Å². The molecule has 0 N–H and O–H groups in total. The van der Waals surface area contributed by atoms with E-state index in [1.807, 2.05) is 39.0 Å². The van der Waals surface area contributed by atoms with Gasteiger partial charge in [0.1, 0.15) is 16.5 Å². The molecule has 25 heavy (non-hydrogen) atoms. The van der Waals surface area contributed by atoms with Crippen molar-refractivity contribution in [3.63, 3.8) is 0 Å². The largest absolute Gasteiger partial charge is 0.465 e. The lowest BCUT2D eigenvalue weighted by Crippen LogP contribution is -2.42. The van der Waals surface area contributed by atoms with E-state index in [9.17, 15) is 14.4 Å². The van der Waals surface area contributed by atoms with Gasteiger partial charge in [-0.1, -0.05) is 6.08 Å². The molecule has 1 aliphatic heterocycles. The third kappa shape index (κ3) is 5.16. The van der Waals surface area contributed by atoms with Gasteiger partial charge in [0, 0.05) is 17.8 Å². The van der Waals surface area contributed by atoms with Crippen molar-refractivity contribution in [1.82, 2.24) is 4.90 Å². The number of rotatable bonds is 5. The number of carbonyl (C=O) groups excluding carboxylic acids is 3. The number of ether oxygens (including phenoxy) is 2. The van der Waals surface area contributed by atoms with Crippen LogP contribution >= 0.6 is 11.3 Å². The molecule has 1 aromatic heterocycles.